The van der Waals surface area contributed by atoms with Crippen LogP contribution in [-0.4, -0.2) is 22.6 Å². The Hall–Kier alpha value is -2.20. The van der Waals surface area contributed by atoms with Crippen LogP contribution in [-0.2, 0) is 11.4 Å². The van der Waals surface area contributed by atoms with Gasteiger partial charge in [-0.25, -0.2) is 10.0 Å². The van der Waals surface area contributed by atoms with Gasteiger partial charge in [0.2, 0.25) is 0 Å². The summed E-state index contributed by atoms with van der Waals surface area (Å²) in [5.41, 5.74) is 4.89. The van der Waals surface area contributed by atoms with Crippen molar-refractivity contribution in [2.75, 3.05) is 6.61 Å². The van der Waals surface area contributed by atoms with Gasteiger partial charge in [0, 0.05) is 17.3 Å². The molecule has 4 heteroatoms. The summed E-state index contributed by atoms with van der Waals surface area (Å²) in [5.74, 6) is 0.714. The molecular formula is C20H24N2O2. The number of rotatable bonds is 5. The molecule has 2 aromatic rings. The summed E-state index contributed by atoms with van der Waals surface area (Å²) in [6.07, 6.45) is 1.78. The first-order valence-corrected chi connectivity index (χ1v) is 8.49. The lowest BCUT2D eigenvalue weighted by Crippen LogP contribution is -2.26. The number of hydroxylamine groups is 2. The molecule has 1 aliphatic rings. The summed E-state index contributed by atoms with van der Waals surface area (Å²) in [7, 11) is 0. The van der Waals surface area contributed by atoms with E-state index in [4.69, 9.17) is 4.84 Å². The van der Waals surface area contributed by atoms with Gasteiger partial charge in [0.15, 0.2) is 0 Å². The summed E-state index contributed by atoms with van der Waals surface area (Å²) < 4.78 is 0. The molecule has 2 heterocycles. The van der Waals surface area contributed by atoms with Crippen LogP contribution in [0.15, 0.2) is 36.5 Å². The maximum atomic E-state index is 12.3. The van der Waals surface area contributed by atoms with Gasteiger partial charge in [-0.2, -0.15) is 0 Å². The number of carbonyl (C=O) groups is 1. The van der Waals surface area contributed by atoms with Crippen LogP contribution >= 0.6 is 0 Å². The van der Waals surface area contributed by atoms with E-state index in [0.717, 1.165) is 16.7 Å². The molecule has 126 valence electrons. The average Bonchev–Trinajstić information content (AvgIpc) is 2.88. The molecule has 0 saturated heterocycles. The van der Waals surface area contributed by atoms with E-state index < -0.39 is 0 Å². The second-order valence-electron chi connectivity index (χ2n) is 7.04. The van der Waals surface area contributed by atoms with Crippen LogP contribution < -0.4 is 0 Å². The van der Waals surface area contributed by atoms with Crippen molar-refractivity contribution in [1.29, 1.82) is 0 Å². The highest BCUT2D eigenvalue weighted by molar-refractivity contribution is 5.96. The number of aromatic nitrogens is 1. The van der Waals surface area contributed by atoms with E-state index in [1.54, 1.807) is 6.20 Å². The fourth-order valence-corrected chi connectivity index (χ4v) is 2.75. The Morgan fingerprint density at radius 1 is 1.17 bits per heavy atom. The predicted molar refractivity (Wildman–Crippen MR) is 94.4 cm³/mol. The van der Waals surface area contributed by atoms with Crippen LogP contribution in [0.5, 0.6) is 0 Å². The van der Waals surface area contributed by atoms with Crippen molar-refractivity contribution in [1.82, 2.24) is 10.0 Å². The number of hydrogen-bond acceptors (Lipinski definition) is 3. The SMILES string of the molecule is CC(C)CON1Cc2cc(-c3cccc(C(C)C)c3)cnc2C1=O. The van der Waals surface area contributed by atoms with E-state index in [1.807, 2.05) is 0 Å². The van der Waals surface area contributed by atoms with Crippen molar-refractivity contribution >= 4 is 5.91 Å². The zero-order valence-corrected chi connectivity index (χ0v) is 14.7. The minimum atomic E-state index is -0.145. The highest BCUT2D eigenvalue weighted by atomic mass is 16.7. The third-order valence-electron chi connectivity index (χ3n) is 4.16. The molecule has 24 heavy (non-hydrogen) atoms. The van der Waals surface area contributed by atoms with Crippen LogP contribution in [0.3, 0.4) is 0 Å². The molecule has 1 aromatic heterocycles. The molecule has 1 aliphatic heterocycles. The van der Waals surface area contributed by atoms with Crippen LogP contribution in [0.1, 0.15) is 55.2 Å². The molecule has 0 radical (unpaired) electrons. The molecule has 1 aromatic carbocycles. The van der Waals surface area contributed by atoms with Crippen molar-refractivity contribution in [3.63, 3.8) is 0 Å². The van der Waals surface area contributed by atoms with Crippen molar-refractivity contribution in [2.24, 2.45) is 5.92 Å². The third-order valence-corrected chi connectivity index (χ3v) is 4.16. The van der Waals surface area contributed by atoms with Crippen LogP contribution in [0.2, 0.25) is 0 Å². The average molecular weight is 324 g/mol. The first-order valence-electron chi connectivity index (χ1n) is 8.49. The van der Waals surface area contributed by atoms with E-state index in [-0.39, 0.29) is 5.91 Å². The van der Waals surface area contributed by atoms with Gasteiger partial charge in [-0.05, 0) is 29.0 Å². The van der Waals surface area contributed by atoms with Crippen molar-refractivity contribution in [2.45, 2.75) is 40.2 Å². The Labute approximate surface area is 143 Å². The minimum absolute atomic E-state index is 0.145. The largest absolute Gasteiger partial charge is 0.296 e. The van der Waals surface area contributed by atoms with Crippen LogP contribution in [0, 0.1) is 5.92 Å². The van der Waals surface area contributed by atoms with Crippen LogP contribution in [0.4, 0.5) is 0 Å². The zero-order valence-electron chi connectivity index (χ0n) is 14.7. The number of amides is 1. The molecule has 0 N–H and O–H groups in total. The lowest BCUT2D eigenvalue weighted by atomic mass is 9.97. The summed E-state index contributed by atoms with van der Waals surface area (Å²) in [6, 6.07) is 10.5. The van der Waals surface area contributed by atoms with Crippen molar-refractivity contribution < 1.29 is 9.63 Å². The zero-order chi connectivity index (χ0) is 17.3. The Bertz CT molecular complexity index is 753. The summed E-state index contributed by atoms with van der Waals surface area (Å²) >= 11 is 0. The molecular weight excluding hydrogens is 300 g/mol. The Morgan fingerprint density at radius 3 is 2.67 bits per heavy atom. The third kappa shape index (κ3) is 3.34. The quantitative estimate of drug-likeness (QED) is 0.818. The topological polar surface area (TPSA) is 42.4 Å². The number of benzene rings is 1. The lowest BCUT2D eigenvalue weighted by molar-refractivity contribution is -0.133. The molecule has 0 saturated carbocycles. The van der Waals surface area contributed by atoms with Gasteiger partial charge in [-0.15, -0.1) is 0 Å². The molecule has 1 amide bonds. The van der Waals surface area contributed by atoms with E-state index >= 15 is 0 Å². The van der Waals surface area contributed by atoms with Crippen molar-refractivity contribution in [3.05, 3.63) is 53.3 Å². The standard InChI is InChI=1S/C20H24N2O2/c1-13(2)12-24-22-11-18-9-17(10-21-19(18)20(22)23)16-7-5-6-15(8-16)14(3)4/h5-10,13-14H,11-12H2,1-4H3. The second-order valence-corrected chi connectivity index (χ2v) is 7.04. The van der Waals surface area contributed by atoms with Gasteiger partial charge < -0.3 is 0 Å². The van der Waals surface area contributed by atoms with E-state index in [2.05, 4.69) is 63.0 Å². The van der Waals surface area contributed by atoms with Gasteiger partial charge in [0.25, 0.3) is 5.91 Å². The highest BCUT2D eigenvalue weighted by Gasteiger charge is 2.30. The molecule has 0 spiro atoms. The number of carbonyl (C=O) groups excluding carboxylic acids is 1. The second kappa shape index (κ2) is 6.73. The van der Waals surface area contributed by atoms with E-state index in [9.17, 15) is 4.79 Å². The van der Waals surface area contributed by atoms with Gasteiger partial charge >= 0.3 is 0 Å². The van der Waals surface area contributed by atoms with Crippen LogP contribution in [0.25, 0.3) is 11.1 Å². The van der Waals surface area contributed by atoms with Gasteiger partial charge in [-0.1, -0.05) is 52.0 Å². The number of pyridine rings is 1. The van der Waals surface area contributed by atoms with E-state index in [1.165, 1.54) is 10.6 Å². The fraction of sp³-hybridized carbons (Fsp3) is 0.400. The van der Waals surface area contributed by atoms with Gasteiger partial charge in [0.05, 0.1) is 13.2 Å². The lowest BCUT2D eigenvalue weighted by Gasteiger charge is -2.16. The molecule has 0 bridgehead atoms. The minimum Gasteiger partial charge on any atom is -0.270 e. The summed E-state index contributed by atoms with van der Waals surface area (Å²) in [4.78, 5) is 22.3. The molecule has 0 fully saturated rings. The number of hydrogen-bond donors (Lipinski definition) is 0. The molecule has 0 atom stereocenters. The first kappa shape index (κ1) is 16.7. The molecule has 0 unspecified atom stereocenters. The van der Waals surface area contributed by atoms with Gasteiger partial charge in [0.1, 0.15) is 5.69 Å². The van der Waals surface area contributed by atoms with Crippen molar-refractivity contribution in [3.8, 4) is 11.1 Å². The summed E-state index contributed by atoms with van der Waals surface area (Å²) in [5, 5.41) is 1.42. The fourth-order valence-electron chi connectivity index (χ4n) is 2.75. The summed E-state index contributed by atoms with van der Waals surface area (Å²) in [6.45, 7) is 9.48. The highest BCUT2D eigenvalue weighted by Crippen LogP contribution is 2.28. The maximum absolute atomic E-state index is 12.3. The Balaban J connectivity index is 1.85. The number of fused-ring (bicyclic) bond motifs is 1. The Morgan fingerprint density at radius 2 is 1.96 bits per heavy atom. The predicted octanol–water partition coefficient (Wildman–Crippen LogP) is 4.42. The number of nitrogens with zero attached hydrogens (tertiary/aromatic N) is 2. The molecule has 4 nitrogen and oxygen atoms in total. The molecule has 3 rings (SSSR count). The van der Waals surface area contributed by atoms with Gasteiger partial charge in [-0.3, -0.25) is 9.63 Å². The molecule has 0 aliphatic carbocycles. The van der Waals surface area contributed by atoms with E-state index in [0.29, 0.717) is 30.7 Å². The first-order chi connectivity index (χ1) is 11.5. The smallest absolute Gasteiger partial charge is 0.270 e. The normalized spacial score (nSPS) is 13.9. The maximum Gasteiger partial charge on any atom is 0.296 e. The monoisotopic (exact) mass is 324 g/mol. The Kier molecular flexibility index (Phi) is 4.67.